The van der Waals surface area contributed by atoms with Crippen molar-refractivity contribution in [2.24, 2.45) is 4.99 Å². The van der Waals surface area contributed by atoms with E-state index in [1.165, 1.54) is 0 Å². The van der Waals surface area contributed by atoms with Gasteiger partial charge in [-0.3, -0.25) is 4.79 Å². The van der Waals surface area contributed by atoms with Gasteiger partial charge in [0.25, 0.3) is 5.56 Å². The van der Waals surface area contributed by atoms with Crippen LogP contribution in [0.1, 0.15) is 56.3 Å². The second-order valence-corrected chi connectivity index (χ2v) is 6.72. The van der Waals surface area contributed by atoms with Gasteiger partial charge in [0.2, 0.25) is 0 Å². The number of rotatable bonds is 10. The van der Waals surface area contributed by atoms with Crippen molar-refractivity contribution < 1.29 is 4.52 Å². The van der Waals surface area contributed by atoms with Gasteiger partial charge in [-0.25, -0.2) is 4.99 Å². The SMILES string of the molecule is CCNC(=NCc1c(CC)noc1CC)NCCCCn1c(C)cccc1=O. The molecule has 28 heavy (non-hydrogen) atoms. The Bertz CT molecular complexity index is 801. The van der Waals surface area contributed by atoms with Gasteiger partial charge >= 0.3 is 0 Å². The number of hydrogen-bond acceptors (Lipinski definition) is 4. The molecule has 2 heterocycles. The van der Waals surface area contributed by atoms with E-state index in [0.29, 0.717) is 6.54 Å². The molecule has 0 fully saturated rings. The molecule has 7 heteroatoms. The van der Waals surface area contributed by atoms with E-state index in [9.17, 15) is 4.79 Å². The maximum absolute atomic E-state index is 11.9. The molecule has 2 rings (SSSR count). The summed E-state index contributed by atoms with van der Waals surface area (Å²) in [6.07, 6.45) is 3.55. The van der Waals surface area contributed by atoms with E-state index in [1.54, 1.807) is 12.1 Å². The van der Waals surface area contributed by atoms with Gasteiger partial charge in [-0.05, 0) is 39.2 Å². The Labute approximate surface area is 167 Å². The number of pyridine rings is 1. The molecule has 2 N–H and O–H groups in total. The molecule has 0 aromatic carbocycles. The smallest absolute Gasteiger partial charge is 0.250 e. The van der Waals surface area contributed by atoms with Gasteiger partial charge in [-0.2, -0.15) is 0 Å². The van der Waals surface area contributed by atoms with Gasteiger partial charge in [0.15, 0.2) is 5.96 Å². The quantitative estimate of drug-likeness (QED) is 0.372. The topological polar surface area (TPSA) is 84.4 Å². The standard InChI is InChI=1S/C21H33N5O2/c1-5-18-17(19(6-2)28-25-18)15-24-21(22-7-3)23-13-8-9-14-26-16(4)11-10-12-20(26)27/h10-12H,5-9,13-15H2,1-4H3,(H2,22,23,24). The van der Waals surface area contributed by atoms with Gasteiger partial charge in [0.1, 0.15) is 5.76 Å². The van der Waals surface area contributed by atoms with Crippen LogP contribution in [0.25, 0.3) is 0 Å². The lowest BCUT2D eigenvalue weighted by Crippen LogP contribution is -2.37. The van der Waals surface area contributed by atoms with E-state index in [1.807, 2.05) is 17.6 Å². The molecule has 0 saturated heterocycles. The minimum Gasteiger partial charge on any atom is -0.361 e. The fourth-order valence-electron chi connectivity index (χ4n) is 3.13. The average Bonchev–Trinajstić information content (AvgIpc) is 3.09. The Balaban J connectivity index is 1.86. The molecule has 0 aliphatic heterocycles. The Morgan fingerprint density at radius 2 is 2.00 bits per heavy atom. The molecule has 0 spiro atoms. The minimum absolute atomic E-state index is 0.0649. The maximum atomic E-state index is 11.9. The van der Waals surface area contributed by atoms with Gasteiger partial charge in [0, 0.05) is 43.4 Å². The highest BCUT2D eigenvalue weighted by molar-refractivity contribution is 5.79. The first kappa shape index (κ1) is 21.7. The summed E-state index contributed by atoms with van der Waals surface area (Å²) in [5.41, 5.74) is 3.15. The average molecular weight is 388 g/mol. The number of aliphatic imine (C=N–C) groups is 1. The van der Waals surface area contributed by atoms with Crippen molar-refractivity contribution in [3.8, 4) is 0 Å². The minimum atomic E-state index is 0.0649. The van der Waals surface area contributed by atoms with Crippen LogP contribution in [0.3, 0.4) is 0 Å². The number of nitrogens with one attached hydrogen (secondary N) is 2. The summed E-state index contributed by atoms with van der Waals surface area (Å²) in [7, 11) is 0. The highest BCUT2D eigenvalue weighted by atomic mass is 16.5. The van der Waals surface area contributed by atoms with E-state index in [4.69, 9.17) is 9.52 Å². The zero-order valence-corrected chi connectivity index (χ0v) is 17.5. The predicted molar refractivity (Wildman–Crippen MR) is 113 cm³/mol. The lowest BCUT2D eigenvalue weighted by Gasteiger charge is -2.12. The van der Waals surface area contributed by atoms with Crippen LogP contribution in [-0.4, -0.2) is 28.8 Å². The molecule has 0 aliphatic rings. The fourth-order valence-corrected chi connectivity index (χ4v) is 3.13. The summed E-state index contributed by atoms with van der Waals surface area (Å²) < 4.78 is 7.24. The predicted octanol–water partition coefficient (Wildman–Crippen LogP) is 2.81. The van der Waals surface area contributed by atoms with Crippen LogP contribution in [-0.2, 0) is 25.9 Å². The van der Waals surface area contributed by atoms with E-state index >= 15 is 0 Å². The van der Waals surface area contributed by atoms with E-state index < -0.39 is 0 Å². The summed E-state index contributed by atoms with van der Waals surface area (Å²) in [6, 6.07) is 5.38. The first-order chi connectivity index (χ1) is 13.6. The van der Waals surface area contributed by atoms with Crippen LogP contribution >= 0.6 is 0 Å². The van der Waals surface area contributed by atoms with Crippen molar-refractivity contribution in [3.63, 3.8) is 0 Å². The van der Waals surface area contributed by atoms with Crippen LogP contribution in [0.2, 0.25) is 0 Å². The van der Waals surface area contributed by atoms with Crippen molar-refractivity contribution in [2.75, 3.05) is 13.1 Å². The Hall–Kier alpha value is -2.57. The molecule has 2 aromatic rings. The van der Waals surface area contributed by atoms with Crippen molar-refractivity contribution in [3.05, 3.63) is 51.3 Å². The number of aryl methyl sites for hydroxylation is 3. The second-order valence-electron chi connectivity index (χ2n) is 6.72. The third-order valence-corrected chi connectivity index (χ3v) is 4.72. The van der Waals surface area contributed by atoms with Gasteiger partial charge in [-0.15, -0.1) is 0 Å². The monoisotopic (exact) mass is 387 g/mol. The maximum Gasteiger partial charge on any atom is 0.250 e. The van der Waals surface area contributed by atoms with Gasteiger partial charge in [-0.1, -0.05) is 25.1 Å². The Kier molecular flexibility index (Phi) is 8.78. The van der Waals surface area contributed by atoms with Crippen LogP contribution in [0.4, 0.5) is 0 Å². The molecule has 2 aromatic heterocycles. The summed E-state index contributed by atoms with van der Waals surface area (Å²) in [6.45, 7) is 11.1. The van der Waals surface area contributed by atoms with Crippen molar-refractivity contribution in [2.45, 2.75) is 66.5 Å². The third kappa shape index (κ3) is 5.97. The van der Waals surface area contributed by atoms with Crippen LogP contribution in [0.15, 0.2) is 32.5 Å². The summed E-state index contributed by atoms with van der Waals surface area (Å²) >= 11 is 0. The molecule has 154 valence electrons. The first-order valence-electron chi connectivity index (χ1n) is 10.3. The summed E-state index contributed by atoms with van der Waals surface area (Å²) in [5, 5.41) is 10.8. The van der Waals surface area contributed by atoms with Crippen molar-refractivity contribution in [1.29, 1.82) is 0 Å². The Morgan fingerprint density at radius 3 is 2.68 bits per heavy atom. The third-order valence-electron chi connectivity index (χ3n) is 4.72. The number of aromatic nitrogens is 2. The molecule has 0 radical (unpaired) electrons. The number of unbranched alkanes of at least 4 members (excludes halogenated alkanes) is 1. The van der Waals surface area contributed by atoms with Gasteiger partial charge < -0.3 is 19.7 Å². The van der Waals surface area contributed by atoms with E-state index in [-0.39, 0.29) is 5.56 Å². The number of hydrogen-bond donors (Lipinski definition) is 2. The molecule has 0 aliphatic carbocycles. The Morgan fingerprint density at radius 1 is 1.18 bits per heavy atom. The normalized spacial score (nSPS) is 11.6. The van der Waals surface area contributed by atoms with Gasteiger partial charge in [0.05, 0.1) is 12.2 Å². The molecular formula is C21H33N5O2. The zero-order valence-electron chi connectivity index (χ0n) is 17.5. The van der Waals surface area contributed by atoms with Crippen molar-refractivity contribution >= 4 is 5.96 Å². The van der Waals surface area contributed by atoms with Crippen LogP contribution in [0, 0.1) is 6.92 Å². The molecule has 0 amide bonds. The molecule has 0 bridgehead atoms. The second kappa shape index (κ2) is 11.3. The summed E-state index contributed by atoms with van der Waals surface area (Å²) in [5.74, 6) is 1.71. The molecule has 7 nitrogen and oxygen atoms in total. The lowest BCUT2D eigenvalue weighted by molar-refractivity contribution is 0.380. The molecule has 0 unspecified atom stereocenters. The van der Waals surface area contributed by atoms with Crippen molar-refractivity contribution in [1.82, 2.24) is 20.4 Å². The molecule has 0 saturated carbocycles. The lowest BCUT2D eigenvalue weighted by atomic mass is 10.1. The number of guanidine groups is 1. The van der Waals surface area contributed by atoms with E-state index in [2.05, 4.69) is 36.6 Å². The van der Waals surface area contributed by atoms with Crippen LogP contribution < -0.4 is 16.2 Å². The number of nitrogens with zero attached hydrogens (tertiary/aromatic N) is 3. The molecule has 0 atom stereocenters. The zero-order chi connectivity index (χ0) is 20.4. The molecular weight excluding hydrogens is 354 g/mol. The fraction of sp³-hybridized carbons (Fsp3) is 0.571. The van der Waals surface area contributed by atoms with E-state index in [0.717, 1.165) is 74.0 Å². The highest BCUT2D eigenvalue weighted by Crippen LogP contribution is 2.16. The van der Waals surface area contributed by atoms with Crippen LogP contribution in [0.5, 0.6) is 0 Å². The first-order valence-corrected chi connectivity index (χ1v) is 10.3. The summed E-state index contributed by atoms with van der Waals surface area (Å²) in [4.78, 5) is 16.6. The highest BCUT2D eigenvalue weighted by Gasteiger charge is 2.13. The largest absolute Gasteiger partial charge is 0.361 e.